The molecule has 0 aromatic heterocycles. The Kier molecular flexibility index (Phi) is 3.52. The first-order chi connectivity index (χ1) is 8.41. The molecular weight excluding hydrogens is 309 g/mol. The minimum Gasteiger partial charge on any atom is -0.497 e. The van der Waals surface area contributed by atoms with Crippen LogP contribution in [-0.2, 0) is 0 Å². The van der Waals surface area contributed by atoms with Crippen LogP contribution in [0.3, 0.4) is 0 Å². The normalized spacial score (nSPS) is 13.6. The summed E-state index contributed by atoms with van der Waals surface area (Å²) in [4.78, 5) is -1.64. The Labute approximate surface area is 111 Å². The van der Waals surface area contributed by atoms with Crippen LogP contribution in [0.1, 0.15) is 10.4 Å². The van der Waals surface area contributed by atoms with Gasteiger partial charge in [0.1, 0.15) is 10.6 Å². The second-order valence-electron chi connectivity index (χ2n) is 3.88. The Morgan fingerprint density at radius 1 is 1.06 bits per heavy atom. The molecule has 2 aromatic rings. The van der Waals surface area contributed by atoms with E-state index in [0.29, 0.717) is 5.75 Å². The van der Waals surface area contributed by atoms with Crippen molar-refractivity contribution in [2.45, 2.75) is 11.0 Å². The summed E-state index contributed by atoms with van der Waals surface area (Å²) in [7, 11) is 1.55. The van der Waals surface area contributed by atoms with Crippen LogP contribution >= 0.6 is 15.9 Å². The van der Waals surface area contributed by atoms with Crippen molar-refractivity contribution in [3.63, 3.8) is 0 Å². The van der Waals surface area contributed by atoms with Crippen molar-refractivity contribution in [1.82, 2.24) is 0 Å². The van der Waals surface area contributed by atoms with Crippen molar-refractivity contribution >= 4 is 26.7 Å². The van der Waals surface area contributed by atoms with E-state index in [2.05, 4.69) is 15.9 Å². The number of hydrogen-bond acceptors (Lipinski definition) is 1. The third-order valence-electron chi connectivity index (χ3n) is 2.65. The van der Waals surface area contributed by atoms with Crippen LogP contribution in [0.5, 0.6) is 5.75 Å². The topological polar surface area (TPSA) is 9.23 Å². The van der Waals surface area contributed by atoms with Gasteiger partial charge >= 0.3 is 6.18 Å². The highest BCUT2D eigenvalue weighted by molar-refractivity contribution is 9.09. The molecule has 0 aliphatic rings. The Hall–Kier alpha value is -1.23. The number of fused-ring (bicyclic) bond motifs is 1. The molecule has 2 rings (SSSR count). The van der Waals surface area contributed by atoms with Crippen LogP contribution < -0.4 is 4.74 Å². The number of halogens is 4. The molecule has 96 valence electrons. The van der Waals surface area contributed by atoms with Crippen LogP contribution in [-0.4, -0.2) is 13.3 Å². The van der Waals surface area contributed by atoms with Crippen LogP contribution in [0, 0.1) is 0 Å². The third-order valence-corrected chi connectivity index (χ3v) is 3.70. The summed E-state index contributed by atoms with van der Waals surface area (Å²) >= 11 is 2.67. The van der Waals surface area contributed by atoms with Gasteiger partial charge in [-0.1, -0.05) is 34.1 Å². The summed E-state index contributed by atoms with van der Waals surface area (Å²) in [6.45, 7) is 0. The average molecular weight is 319 g/mol. The van der Waals surface area contributed by atoms with Crippen LogP contribution in [0.4, 0.5) is 13.2 Å². The zero-order valence-electron chi connectivity index (χ0n) is 9.46. The maximum absolute atomic E-state index is 12.6. The SMILES string of the molecule is COc1ccc2cc(C(Br)C(F)(F)F)ccc2c1. The first kappa shape index (κ1) is 13.2. The van der Waals surface area contributed by atoms with Crippen LogP contribution in [0.2, 0.25) is 0 Å². The number of methoxy groups -OCH3 is 1. The maximum atomic E-state index is 12.6. The molecule has 0 aliphatic carbocycles. The molecule has 0 saturated carbocycles. The van der Waals surface area contributed by atoms with Gasteiger partial charge in [0.25, 0.3) is 0 Å². The lowest BCUT2D eigenvalue weighted by atomic mass is 10.0. The lowest BCUT2D eigenvalue weighted by Crippen LogP contribution is -2.15. The average Bonchev–Trinajstić information content (AvgIpc) is 2.35. The molecule has 0 saturated heterocycles. The van der Waals surface area contributed by atoms with Gasteiger partial charge in [0.15, 0.2) is 0 Å². The Balaban J connectivity index is 2.45. The molecule has 0 amide bonds. The molecule has 2 aromatic carbocycles. The first-order valence-corrected chi connectivity index (χ1v) is 6.12. The van der Waals surface area contributed by atoms with E-state index in [4.69, 9.17) is 4.74 Å². The lowest BCUT2D eigenvalue weighted by molar-refractivity contribution is -0.128. The van der Waals surface area contributed by atoms with E-state index in [0.717, 1.165) is 10.8 Å². The molecule has 0 fully saturated rings. The van der Waals surface area contributed by atoms with E-state index in [1.807, 2.05) is 0 Å². The Morgan fingerprint density at radius 2 is 1.67 bits per heavy atom. The Morgan fingerprint density at radius 3 is 2.28 bits per heavy atom. The molecule has 0 N–H and O–H groups in total. The van der Waals surface area contributed by atoms with Crippen LogP contribution in [0.15, 0.2) is 36.4 Å². The zero-order chi connectivity index (χ0) is 13.3. The van der Waals surface area contributed by atoms with Gasteiger partial charge in [0.2, 0.25) is 0 Å². The molecule has 1 nitrogen and oxygen atoms in total. The second-order valence-corrected chi connectivity index (χ2v) is 4.79. The number of hydrogen-bond donors (Lipinski definition) is 0. The summed E-state index contributed by atoms with van der Waals surface area (Å²) in [5.74, 6) is 0.682. The van der Waals surface area contributed by atoms with Crippen molar-refractivity contribution in [1.29, 1.82) is 0 Å². The Bertz CT molecular complexity index is 566. The fraction of sp³-hybridized carbons (Fsp3) is 0.231. The highest BCUT2D eigenvalue weighted by Crippen LogP contribution is 2.40. The van der Waals surface area contributed by atoms with Crippen molar-refractivity contribution in [3.8, 4) is 5.75 Å². The molecule has 0 aliphatic heterocycles. The number of ether oxygens (including phenoxy) is 1. The van der Waals surface area contributed by atoms with E-state index < -0.39 is 11.0 Å². The largest absolute Gasteiger partial charge is 0.497 e. The summed E-state index contributed by atoms with van der Waals surface area (Å²) in [5, 5.41) is 1.60. The second kappa shape index (κ2) is 4.80. The van der Waals surface area contributed by atoms with Crippen LogP contribution in [0.25, 0.3) is 10.8 Å². The van der Waals surface area contributed by atoms with Gasteiger partial charge in [0, 0.05) is 0 Å². The van der Waals surface area contributed by atoms with Gasteiger partial charge in [-0.25, -0.2) is 0 Å². The summed E-state index contributed by atoms with van der Waals surface area (Å²) in [5.41, 5.74) is 0.195. The van der Waals surface area contributed by atoms with Gasteiger partial charge < -0.3 is 4.74 Å². The predicted molar refractivity (Wildman–Crippen MR) is 68.2 cm³/mol. The van der Waals surface area contributed by atoms with Crippen molar-refractivity contribution in [2.24, 2.45) is 0 Å². The van der Waals surface area contributed by atoms with Gasteiger partial charge in [0.05, 0.1) is 7.11 Å². The molecule has 1 unspecified atom stereocenters. The fourth-order valence-corrected chi connectivity index (χ4v) is 2.00. The number of alkyl halides is 4. The maximum Gasteiger partial charge on any atom is 0.405 e. The minimum absolute atomic E-state index is 0.195. The molecule has 0 spiro atoms. The van der Waals surface area contributed by atoms with Crippen molar-refractivity contribution in [2.75, 3.05) is 7.11 Å². The van der Waals surface area contributed by atoms with Crippen molar-refractivity contribution in [3.05, 3.63) is 42.0 Å². The van der Waals surface area contributed by atoms with Crippen molar-refractivity contribution < 1.29 is 17.9 Å². The summed E-state index contributed by atoms with van der Waals surface area (Å²) < 4.78 is 42.8. The molecule has 0 radical (unpaired) electrons. The van der Waals surface area contributed by atoms with Gasteiger partial charge in [-0.3, -0.25) is 0 Å². The van der Waals surface area contributed by atoms with E-state index in [9.17, 15) is 13.2 Å². The standard InChI is InChI=1S/C13H10BrF3O/c1-18-11-5-4-8-6-10(3-2-9(8)7-11)12(14)13(15,16)17/h2-7,12H,1H3. The number of benzene rings is 2. The van der Waals surface area contributed by atoms with E-state index in [1.165, 1.54) is 12.1 Å². The number of rotatable bonds is 2. The first-order valence-electron chi connectivity index (χ1n) is 5.20. The quantitative estimate of drug-likeness (QED) is 0.719. The van der Waals surface area contributed by atoms with Gasteiger partial charge in [-0.05, 0) is 34.5 Å². The highest BCUT2D eigenvalue weighted by Gasteiger charge is 2.38. The monoisotopic (exact) mass is 318 g/mol. The summed E-state index contributed by atoms with van der Waals surface area (Å²) in [6, 6.07) is 9.91. The highest BCUT2D eigenvalue weighted by atomic mass is 79.9. The molecule has 0 bridgehead atoms. The van der Waals surface area contributed by atoms with Gasteiger partial charge in [-0.15, -0.1) is 0 Å². The minimum atomic E-state index is -4.29. The fourth-order valence-electron chi connectivity index (χ4n) is 1.72. The van der Waals surface area contributed by atoms with E-state index >= 15 is 0 Å². The molecule has 1 atom stereocenters. The summed E-state index contributed by atoms with van der Waals surface area (Å²) in [6.07, 6.45) is -4.29. The smallest absolute Gasteiger partial charge is 0.405 e. The zero-order valence-corrected chi connectivity index (χ0v) is 11.0. The van der Waals surface area contributed by atoms with E-state index in [-0.39, 0.29) is 5.56 Å². The molecule has 18 heavy (non-hydrogen) atoms. The van der Waals surface area contributed by atoms with E-state index in [1.54, 1.807) is 31.4 Å². The molecule has 5 heteroatoms. The molecular formula is C13H10BrF3O. The lowest BCUT2D eigenvalue weighted by Gasteiger charge is -2.15. The third kappa shape index (κ3) is 2.61. The van der Waals surface area contributed by atoms with Gasteiger partial charge in [-0.2, -0.15) is 13.2 Å². The predicted octanol–water partition coefficient (Wildman–Crippen LogP) is 4.85. The molecule has 0 heterocycles.